The molecule has 0 amide bonds. The number of benzene rings is 8. The molecule has 0 saturated carbocycles. The minimum Gasteiger partial charge on any atom is -0.307 e. The van der Waals surface area contributed by atoms with Gasteiger partial charge in [-0.05, 0) is 93.9 Å². The van der Waals surface area contributed by atoms with E-state index < -0.39 is 0 Å². The number of aliphatic imine (C=N–C) groups is 1. The van der Waals surface area contributed by atoms with Crippen molar-refractivity contribution in [3.05, 3.63) is 223 Å². The molecule has 0 aliphatic carbocycles. The van der Waals surface area contributed by atoms with Gasteiger partial charge in [0.25, 0.3) is 0 Å². The van der Waals surface area contributed by atoms with Crippen molar-refractivity contribution in [2.75, 3.05) is 0 Å². The number of nitrogens with one attached hydrogen (secondary N) is 1. The van der Waals surface area contributed by atoms with Gasteiger partial charge < -0.3 is 5.41 Å². The summed E-state index contributed by atoms with van der Waals surface area (Å²) in [6, 6.07) is 74.2. The van der Waals surface area contributed by atoms with Crippen molar-refractivity contribution in [3.8, 4) is 61.7 Å². The van der Waals surface area contributed by atoms with Gasteiger partial charge in [-0.1, -0.05) is 170 Å². The quantitative estimate of drug-likeness (QED) is 0.111. The van der Waals surface area contributed by atoms with E-state index in [0.29, 0.717) is 5.82 Å². The van der Waals surface area contributed by atoms with Gasteiger partial charge in [0.1, 0.15) is 5.65 Å². The number of hydrogen-bond acceptors (Lipinski definition) is 4. The van der Waals surface area contributed by atoms with Crippen molar-refractivity contribution in [2.45, 2.75) is 6.92 Å². The predicted octanol–water partition coefficient (Wildman–Crippen LogP) is 14.5. The first-order valence-corrected chi connectivity index (χ1v) is 20.8. The average molecular weight is 796 g/mol. The number of para-hydroxylation sites is 2. The highest BCUT2D eigenvalue weighted by Crippen LogP contribution is 2.39. The molecule has 0 atom stereocenters. The van der Waals surface area contributed by atoms with Crippen LogP contribution in [0, 0.1) is 5.41 Å². The SMILES string of the molecule is C/C(=C(\N=CC=N)c1cccc(-c2cccc(-c3cccc(-c4cccc(-c5nc(-c6ccccc6)c6c7ccccc7n(-c7ccccc7)c6n5)c4)c3)c2)c1)c1ccccc1. The van der Waals surface area contributed by atoms with Crippen molar-refractivity contribution >= 4 is 45.6 Å². The fourth-order valence-electron chi connectivity index (χ4n) is 8.39. The Labute approximate surface area is 361 Å². The Morgan fingerprint density at radius 1 is 0.484 bits per heavy atom. The van der Waals surface area contributed by atoms with Crippen LogP contribution in [0.5, 0.6) is 0 Å². The topological polar surface area (TPSA) is 66.9 Å². The Morgan fingerprint density at radius 2 is 0.968 bits per heavy atom. The smallest absolute Gasteiger partial charge is 0.162 e. The van der Waals surface area contributed by atoms with Crippen LogP contribution in [0.15, 0.2) is 217 Å². The molecule has 62 heavy (non-hydrogen) atoms. The zero-order chi connectivity index (χ0) is 41.8. The molecule has 0 radical (unpaired) electrons. The molecule has 0 fully saturated rings. The molecule has 5 heteroatoms. The lowest BCUT2D eigenvalue weighted by molar-refractivity contribution is 1.11. The van der Waals surface area contributed by atoms with Gasteiger partial charge in [0.2, 0.25) is 0 Å². The highest BCUT2D eigenvalue weighted by Gasteiger charge is 2.21. The standard InChI is InChI=1S/C57H41N5/c1-39(40-17-5-2-6-18-40)54(59-34-33-58)48-27-15-25-46(37-48)44-23-13-21-42(35-44)43-22-14-24-45(36-43)47-26-16-28-49(38-47)56-60-55(41-19-7-3-8-20-41)53-51-31-11-12-32-52(51)62(57(53)61-56)50-29-9-4-10-30-50/h2-38,58H,1H3/b54-39+,58-33?,59-34?. The minimum atomic E-state index is 0.671. The molecule has 2 heterocycles. The van der Waals surface area contributed by atoms with Gasteiger partial charge in [-0.2, -0.15) is 0 Å². The van der Waals surface area contributed by atoms with Gasteiger partial charge in [-0.3, -0.25) is 9.56 Å². The summed E-state index contributed by atoms with van der Waals surface area (Å²) in [5.41, 5.74) is 16.5. The molecule has 0 aliphatic heterocycles. The fourth-order valence-corrected chi connectivity index (χ4v) is 8.39. The van der Waals surface area contributed by atoms with E-state index in [-0.39, 0.29) is 0 Å². The molecule has 5 nitrogen and oxygen atoms in total. The molecule has 8 aromatic carbocycles. The summed E-state index contributed by atoms with van der Waals surface area (Å²) < 4.78 is 2.26. The van der Waals surface area contributed by atoms with Crippen LogP contribution >= 0.6 is 0 Å². The Morgan fingerprint density at radius 3 is 1.60 bits per heavy atom. The Kier molecular flexibility index (Phi) is 10.3. The molecule has 0 unspecified atom stereocenters. The largest absolute Gasteiger partial charge is 0.307 e. The van der Waals surface area contributed by atoms with E-state index in [0.717, 1.165) is 100 Å². The molecule has 0 spiro atoms. The van der Waals surface area contributed by atoms with Crippen LogP contribution in [-0.4, -0.2) is 27.0 Å². The van der Waals surface area contributed by atoms with Crippen LogP contribution < -0.4 is 0 Å². The number of rotatable bonds is 10. The van der Waals surface area contributed by atoms with E-state index in [1.807, 2.05) is 30.3 Å². The molecule has 2 aromatic heterocycles. The monoisotopic (exact) mass is 795 g/mol. The highest BCUT2D eigenvalue weighted by atomic mass is 15.1. The van der Waals surface area contributed by atoms with E-state index >= 15 is 0 Å². The number of hydrogen-bond donors (Lipinski definition) is 1. The second-order valence-corrected chi connectivity index (χ2v) is 15.3. The van der Waals surface area contributed by atoms with Gasteiger partial charge in [-0.25, -0.2) is 9.97 Å². The number of allylic oxidation sites excluding steroid dienone is 1. The van der Waals surface area contributed by atoms with Gasteiger partial charge in [0.15, 0.2) is 5.82 Å². The van der Waals surface area contributed by atoms with Crippen LogP contribution in [0.2, 0.25) is 0 Å². The second kappa shape index (κ2) is 16.8. The number of fused-ring (bicyclic) bond motifs is 3. The first-order chi connectivity index (χ1) is 30.6. The summed E-state index contributed by atoms with van der Waals surface area (Å²) >= 11 is 0. The Balaban J connectivity index is 1.03. The van der Waals surface area contributed by atoms with E-state index in [1.165, 1.54) is 12.4 Å². The summed E-state index contributed by atoms with van der Waals surface area (Å²) in [5, 5.41) is 9.77. The van der Waals surface area contributed by atoms with Crippen LogP contribution in [0.3, 0.4) is 0 Å². The average Bonchev–Trinajstić information content (AvgIpc) is 3.69. The van der Waals surface area contributed by atoms with E-state index in [4.69, 9.17) is 20.4 Å². The lowest BCUT2D eigenvalue weighted by atomic mass is 9.94. The predicted molar refractivity (Wildman–Crippen MR) is 260 cm³/mol. The Bertz CT molecular complexity index is 3310. The third-order valence-electron chi connectivity index (χ3n) is 11.4. The maximum absolute atomic E-state index is 7.62. The first-order valence-electron chi connectivity index (χ1n) is 20.8. The van der Waals surface area contributed by atoms with E-state index in [9.17, 15) is 0 Å². The zero-order valence-electron chi connectivity index (χ0n) is 34.2. The van der Waals surface area contributed by atoms with Crippen molar-refractivity contribution in [2.24, 2.45) is 4.99 Å². The third-order valence-corrected chi connectivity index (χ3v) is 11.4. The van der Waals surface area contributed by atoms with Gasteiger partial charge in [0, 0.05) is 40.2 Å². The van der Waals surface area contributed by atoms with E-state index in [2.05, 4.69) is 193 Å². The number of nitrogens with zero attached hydrogens (tertiary/aromatic N) is 4. The molecule has 1 N–H and O–H groups in total. The normalized spacial score (nSPS) is 11.9. The van der Waals surface area contributed by atoms with Crippen molar-refractivity contribution in [1.82, 2.24) is 14.5 Å². The van der Waals surface area contributed by atoms with Gasteiger partial charge in [-0.15, -0.1) is 0 Å². The summed E-state index contributed by atoms with van der Waals surface area (Å²) in [5.74, 6) is 0.671. The molecule has 10 rings (SSSR count). The van der Waals surface area contributed by atoms with E-state index in [1.54, 1.807) is 0 Å². The second-order valence-electron chi connectivity index (χ2n) is 15.3. The molecule has 10 aromatic rings. The molecule has 294 valence electrons. The summed E-state index contributed by atoms with van der Waals surface area (Å²) in [7, 11) is 0. The maximum atomic E-state index is 7.62. The molecular formula is C57H41N5. The Hall–Kier alpha value is -8.28. The fraction of sp³-hybridized carbons (Fsp3) is 0.0175. The third kappa shape index (κ3) is 7.33. The lowest BCUT2D eigenvalue weighted by Gasteiger charge is -2.12. The van der Waals surface area contributed by atoms with Crippen molar-refractivity contribution < 1.29 is 0 Å². The molecule has 0 saturated heterocycles. The maximum Gasteiger partial charge on any atom is 0.162 e. The molecule has 0 aliphatic rings. The van der Waals surface area contributed by atoms with Crippen LogP contribution in [0.4, 0.5) is 0 Å². The molecular weight excluding hydrogens is 755 g/mol. The number of aromatic nitrogens is 3. The van der Waals surface area contributed by atoms with Crippen LogP contribution in [0.25, 0.3) is 94.9 Å². The first kappa shape index (κ1) is 38.0. The highest BCUT2D eigenvalue weighted by molar-refractivity contribution is 6.16. The lowest BCUT2D eigenvalue weighted by Crippen LogP contribution is -1.99. The summed E-state index contributed by atoms with van der Waals surface area (Å²) in [6.45, 7) is 2.08. The zero-order valence-corrected chi connectivity index (χ0v) is 34.2. The molecule has 0 bridgehead atoms. The van der Waals surface area contributed by atoms with Gasteiger partial charge >= 0.3 is 0 Å². The van der Waals surface area contributed by atoms with Crippen LogP contribution in [-0.2, 0) is 0 Å². The summed E-state index contributed by atoms with van der Waals surface area (Å²) in [4.78, 5) is 15.4. The summed E-state index contributed by atoms with van der Waals surface area (Å²) in [6.07, 6.45) is 2.76. The minimum absolute atomic E-state index is 0.671. The van der Waals surface area contributed by atoms with Crippen LogP contribution in [0.1, 0.15) is 18.1 Å². The van der Waals surface area contributed by atoms with Crippen molar-refractivity contribution in [3.63, 3.8) is 0 Å². The van der Waals surface area contributed by atoms with Gasteiger partial charge in [0.05, 0.1) is 22.3 Å². The van der Waals surface area contributed by atoms with Crippen molar-refractivity contribution in [1.29, 1.82) is 5.41 Å².